The van der Waals surface area contributed by atoms with Crippen molar-refractivity contribution in [2.24, 2.45) is 5.92 Å². The summed E-state index contributed by atoms with van der Waals surface area (Å²) in [5.41, 5.74) is -0.0703. The second-order valence-corrected chi connectivity index (χ2v) is 10.3. The molecule has 1 amide bonds. The van der Waals surface area contributed by atoms with Gasteiger partial charge in [0.25, 0.3) is 0 Å². The van der Waals surface area contributed by atoms with Gasteiger partial charge in [0, 0.05) is 6.04 Å². The summed E-state index contributed by atoms with van der Waals surface area (Å²) in [6.45, 7) is 1.40. The highest BCUT2D eigenvalue weighted by molar-refractivity contribution is 5.89. The molecule has 0 bridgehead atoms. The van der Waals surface area contributed by atoms with Crippen LogP contribution in [0.25, 0.3) is 0 Å². The predicted octanol–water partition coefficient (Wildman–Crippen LogP) is -0.744. The number of nitrogens with zero attached hydrogens (tertiary/aromatic N) is 1. The van der Waals surface area contributed by atoms with Crippen LogP contribution < -0.4 is 5.32 Å². The molecule has 1 aliphatic carbocycles. The van der Waals surface area contributed by atoms with Crippen LogP contribution >= 0.6 is 0 Å². The highest BCUT2D eigenvalue weighted by atomic mass is 16.7. The van der Waals surface area contributed by atoms with Crippen molar-refractivity contribution in [1.82, 2.24) is 10.2 Å². The number of hydrogen-bond donors (Lipinski definition) is 6. The van der Waals surface area contributed by atoms with Crippen molar-refractivity contribution in [2.45, 2.75) is 100 Å². The molecule has 3 fully saturated rings. The highest BCUT2D eigenvalue weighted by Gasteiger charge is 2.53. The number of hydrogen-bond acceptors (Lipinski definition) is 10. The minimum absolute atomic E-state index is 0.0703. The molecule has 0 aromatic heterocycles. The van der Waals surface area contributed by atoms with Gasteiger partial charge in [0.1, 0.15) is 30.4 Å². The molecular formula is C27H36N2O11. The van der Waals surface area contributed by atoms with E-state index in [1.807, 2.05) is 0 Å². The number of rotatable bonds is 10. The predicted molar refractivity (Wildman–Crippen MR) is 136 cm³/mol. The Hall–Kier alpha value is -3.10. The van der Waals surface area contributed by atoms with Crippen LogP contribution in [0.4, 0.5) is 0 Å². The summed E-state index contributed by atoms with van der Waals surface area (Å²) in [4.78, 5) is 51.9. The fourth-order valence-electron chi connectivity index (χ4n) is 5.72. The minimum atomic E-state index is -2.00. The Morgan fingerprint density at radius 3 is 2.45 bits per heavy atom. The van der Waals surface area contributed by atoms with E-state index in [1.54, 1.807) is 0 Å². The minimum Gasteiger partial charge on any atom is -0.480 e. The van der Waals surface area contributed by atoms with Crippen LogP contribution in [0.1, 0.15) is 51.4 Å². The third-order valence-corrected chi connectivity index (χ3v) is 7.76. The Kier molecular flexibility index (Phi) is 7.43. The summed E-state index contributed by atoms with van der Waals surface area (Å²) >= 11 is 0. The first-order valence-corrected chi connectivity index (χ1v) is 13.1. The van der Waals surface area contributed by atoms with Gasteiger partial charge in [-0.1, -0.05) is 36.6 Å². The lowest BCUT2D eigenvalue weighted by molar-refractivity contribution is -0.287. The standard InChI is InChI=1S/C27H36N2O11/c1-13(28-16(24(34)35)11-10-14-6-3-2-4-7-14)23(33)29-17-9-5-8-15(17)12-18(29)26(38)40-27-21(32)19(30)20(31)22(39-27)25(36)37/h2-4,6-7,13,15-22,27-28,30-32H,5,8-12H2,1H3,(H,34,35)(H,36,37)/t13-,15-,16-,17-,18-,19?,20-,21-,22?,27-/m0/s1/i2D,3D,4D,6D,7D. The molecule has 0 spiro atoms. The Morgan fingerprint density at radius 1 is 1.10 bits per heavy atom. The lowest BCUT2D eigenvalue weighted by Crippen LogP contribution is -2.61. The zero-order chi connectivity index (χ0) is 33.5. The molecule has 13 heteroatoms. The number of likely N-dealkylation sites (tertiary alicyclic amines) is 1. The van der Waals surface area contributed by atoms with Crippen LogP contribution in [0.15, 0.2) is 30.2 Å². The van der Waals surface area contributed by atoms with Gasteiger partial charge >= 0.3 is 17.9 Å². The first-order chi connectivity index (χ1) is 21.1. The number of carboxylic acid groups (broad SMARTS) is 2. The molecule has 1 aromatic rings. The van der Waals surface area contributed by atoms with Crippen LogP contribution in [0.2, 0.25) is 0 Å². The number of nitrogens with one attached hydrogen (secondary N) is 1. The van der Waals surface area contributed by atoms with E-state index in [4.69, 9.17) is 16.3 Å². The summed E-state index contributed by atoms with van der Waals surface area (Å²) < 4.78 is 49.8. The first-order valence-electron chi connectivity index (χ1n) is 15.6. The smallest absolute Gasteiger partial charge is 0.335 e. The van der Waals surface area contributed by atoms with Crippen LogP contribution in [0.5, 0.6) is 0 Å². The molecule has 6 N–H and O–H groups in total. The van der Waals surface area contributed by atoms with E-state index in [2.05, 4.69) is 5.32 Å². The zero-order valence-corrected chi connectivity index (χ0v) is 21.6. The normalized spacial score (nSPS) is 34.9. The van der Waals surface area contributed by atoms with Gasteiger partial charge in [-0.05, 0) is 50.5 Å². The molecule has 40 heavy (non-hydrogen) atoms. The maximum absolute atomic E-state index is 13.8. The molecule has 2 unspecified atom stereocenters. The number of fused-ring (bicyclic) bond motifs is 1. The van der Waals surface area contributed by atoms with Gasteiger partial charge in [-0.15, -0.1) is 0 Å². The average Bonchev–Trinajstić information content (AvgIpc) is 3.59. The number of carbonyl (C=O) groups excluding carboxylic acids is 2. The second-order valence-electron chi connectivity index (χ2n) is 10.3. The number of aliphatic hydroxyl groups is 3. The third-order valence-electron chi connectivity index (χ3n) is 7.76. The maximum Gasteiger partial charge on any atom is 0.335 e. The fourth-order valence-corrected chi connectivity index (χ4v) is 5.72. The van der Waals surface area contributed by atoms with Gasteiger partial charge in [-0.25, -0.2) is 9.59 Å². The molecule has 13 nitrogen and oxygen atoms in total. The molecule has 2 saturated heterocycles. The van der Waals surface area contributed by atoms with E-state index in [-0.39, 0.29) is 36.8 Å². The van der Waals surface area contributed by atoms with E-state index < -0.39 is 103 Å². The highest BCUT2D eigenvalue weighted by Crippen LogP contribution is 2.42. The van der Waals surface area contributed by atoms with E-state index in [1.165, 1.54) is 11.8 Å². The van der Waals surface area contributed by atoms with Crippen LogP contribution in [-0.2, 0) is 35.1 Å². The number of aliphatic carboxylic acids is 2. The molecule has 1 saturated carbocycles. The van der Waals surface area contributed by atoms with Crippen LogP contribution in [0.3, 0.4) is 0 Å². The van der Waals surface area contributed by atoms with Gasteiger partial charge in [-0.3, -0.25) is 14.9 Å². The number of ether oxygens (including phenoxy) is 2. The third kappa shape index (κ3) is 6.28. The van der Waals surface area contributed by atoms with Crippen LogP contribution in [-0.4, -0.2) is 109 Å². The Morgan fingerprint density at radius 2 is 1.80 bits per heavy atom. The SMILES string of the molecule is [2H]c1c([2H])c([2H])c(CC[C@H](N[C@@H](C)C(=O)N2[C@H](C(=O)O[C@@H]3OC(C(=O)O)[C@@H](O)C(O)[C@@H]3O)C[C@@H]3CCC[C@@H]32)C(=O)O)c([2H])c1[2H]. The molecule has 10 atom stereocenters. The van der Waals surface area contributed by atoms with Crippen molar-refractivity contribution in [1.29, 1.82) is 0 Å². The molecule has 4 rings (SSSR count). The fraction of sp³-hybridized carbons (Fsp3) is 0.630. The lowest BCUT2D eigenvalue weighted by atomic mass is 9.99. The molecule has 2 aliphatic heterocycles. The summed E-state index contributed by atoms with van der Waals surface area (Å²) in [5.74, 6) is -4.78. The van der Waals surface area contributed by atoms with Gasteiger partial charge in [0.2, 0.25) is 12.2 Å². The van der Waals surface area contributed by atoms with Crippen LogP contribution in [0, 0.1) is 5.92 Å². The summed E-state index contributed by atoms with van der Waals surface area (Å²) in [6, 6.07) is -6.71. The topological polar surface area (TPSA) is 203 Å². The summed E-state index contributed by atoms with van der Waals surface area (Å²) in [5, 5.41) is 52.1. The first kappa shape index (κ1) is 23.6. The Bertz CT molecular complexity index is 1320. The van der Waals surface area contributed by atoms with Gasteiger partial charge < -0.3 is 39.9 Å². The van der Waals surface area contributed by atoms with E-state index in [9.17, 15) is 44.7 Å². The Balaban J connectivity index is 1.48. The number of amides is 1. The number of esters is 1. The largest absolute Gasteiger partial charge is 0.480 e. The number of aliphatic hydroxyl groups excluding tert-OH is 3. The number of carbonyl (C=O) groups is 4. The Labute approximate surface area is 237 Å². The molecule has 220 valence electrons. The second kappa shape index (κ2) is 12.6. The zero-order valence-electron chi connectivity index (χ0n) is 26.6. The van der Waals surface area contributed by atoms with Crippen molar-refractivity contribution in [3.05, 3.63) is 35.8 Å². The van der Waals surface area contributed by atoms with Gasteiger partial charge in [-0.2, -0.15) is 0 Å². The van der Waals surface area contributed by atoms with Gasteiger partial charge in [0.05, 0.1) is 12.9 Å². The van der Waals surface area contributed by atoms with E-state index in [0.29, 0.717) is 12.8 Å². The van der Waals surface area contributed by atoms with Crippen molar-refractivity contribution in [2.75, 3.05) is 0 Å². The van der Waals surface area contributed by atoms with Crippen molar-refractivity contribution in [3.63, 3.8) is 0 Å². The number of benzene rings is 1. The van der Waals surface area contributed by atoms with Crippen molar-refractivity contribution in [3.8, 4) is 0 Å². The van der Waals surface area contributed by atoms with E-state index >= 15 is 0 Å². The van der Waals surface area contributed by atoms with Crippen molar-refractivity contribution < 1.29 is 61.0 Å². The summed E-state index contributed by atoms with van der Waals surface area (Å²) in [6.07, 6.45) is -8.16. The molecular weight excluding hydrogens is 528 g/mol. The lowest BCUT2D eigenvalue weighted by Gasteiger charge is -2.39. The molecule has 0 radical (unpaired) electrons. The maximum atomic E-state index is 13.8. The monoisotopic (exact) mass is 569 g/mol. The molecule has 1 aromatic carbocycles. The number of carboxylic acids is 2. The van der Waals surface area contributed by atoms with Crippen molar-refractivity contribution >= 4 is 23.8 Å². The average molecular weight is 570 g/mol. The van der Waals surface area contributed by atoms with E-state index in [0.717, 1.165) is 6.42 Å². The van der Waals surface area contributed by atoms with Gasteiger partial charge in [0.15, 0.2) is 6.10 Å². The summed E-state index contributed by atoms with van der Waals surface area (Å²) in [7, 11) is 0. The quantitative estimate of drug-likeness (QED) is 0.193. The molecule has 3 aliphatic rings. The molecule has 2 heterocycles.